The molecule has 2 atom stereocenters. The van der Waals surface area contributed by atoms with Crippen LogP contribution >= 0.6 is 28.1 Å². The Hall–Kier alpha value is -0.150. The van der Waals surface area contributed by atoms with Crippen molar-refractivity contribution < 1.29 is 23.2 Å². The van der Waals surface area contributed by atoms with Crippen molar-refractivity contribution in [1.29, 1.82) is 0 Å². The maximum Gasteiger partial charge on any atom is 0.323 e. The molecule has 1 rings (SSSR count). The molecule has 0 aliphatic heterocycles. The maximum atomic E-state index is 9.44. The van der Waals surface area contributed by atoms with Gasteiger partial charge in [-0.2, -0.15) is 0 Å². The fraction of sp³-hybridized carbons (Fsp3) is 0.143. The van der Waals surface area contributed by atoms with Crippen molar-refractivity contribution in [3.05, 3.63) is 35.9 Å². The molecule has 0 fully saturated rings. The first-order chi connectivity index (χ1) is 7.06. The lowest BCUT2D eigenvalue weighted by Gasteiger charge is -1.88. The van der Waals surface area contributed by atoms with Gasteiger partial charge in [-0.05, 0) is 5.56 Å². The fourth-order valence-electron chi connectivity index (χ4n) is 0.642. The number of benzene rings is 1. The highest BCUT2D eigenvalue weighted by atomic mass is 35.5. The van der Waals surface area contributed by atoms with Crippen LogP contribution in [0, 0.1) is 0 Å². The SMILES string of the molecule is ClCc1ccccc1.O=[PH](O)O[PH](=O)O. The summed E-state index contributed by atoms with van der Waals surface area (Å²) in [5.74, 6) is 0.612. The van der Waals surface area contributed by atoms with Crippen molar-refractivity contribution in [1.82, 2.24) is 0 Å². The van der Waals surface area contributed by atoms with Crippen LogP contribution in [0.1, 0.15) is 5.56 Å². The Morgan fingerprint density at radius 2 is 1.60 bits per heavy atom. The molecule has 0 radical (unpaired) electrons. The van der Waals surface area contributed by atoms with E-state index in [4.69, 9.17) is 21.4 Å². The van der Waals surface area contributed by atoms with Crippen LogP contribution in [0.25, 0.3) is 0 Å². The second-order valence-electron chi connectivity index (χ2n) is 2.25. The second kappa shape index (κ2) is 9.10. The van der Waals surface area contributed by atoms with Gasteiger partial charge in [-0.3, -0.25) is 9.13 Å². The number of rotatable bonds is 3. The summed E-state index contributed by atoms with van der Waals surface area (Å²) in [5, 5.41) is 0. The summed E-state index contributed by atoms with van der Waals surface area (Å²) in [6.07, 6.45) is 0. The van der Waals surface area contributed by atoms with E-state index in [9.17, 15) is 9.13 Å². The summed E-state index contributed by atoms with van der Waals surface area (Å²) < 4.78 is 22.3. The van der Waals surface area contributed by atoms with Crippen molar-refractivity contribution >= 4 is 28.1 Å². The molecule has 1 aromatic carbocycles. The first-order valence-corrected chi connectivity index (χ1v) is 6.86. The van der Waals surface area contributed by atoms with Crippen LogP contribution in [0.5, 0.6) is 0 Å². The van der Waals surface area contributed by atoms with E-state index in [0.29, 0.717) is 5.88 Å². The Kier molecular flexibility index (Phi) is 9.01. The third-order valence-corrected chi connectivity index (χ3v) is 2.88. The van der Waals surface area contributed by atoms with Crippen LogP contribution in [0.3, 0.4) is 0 Å². The predicted molar refractivity (Wildman–Crippen MR) is 59.5 cm³/mol. The molecule has 86 valence electrons. The first-order valence-electron chi connectivity index (χ1n) is 3.80. The summed E-state index contributed by atoms with van der Waals surface area (Å²) in [4.78, 5) is 15.4. The van der Waals surface area contributed by atoms with Gasteiger partial charge in [0.25, 0.3) is 0 Å². The van der Waals surface area contributed by atoms with Gasteiger partial charge in [0.2, 0.25) is 0 Å². The molecule has 2 N–H and O–H groups in total. The van der Waals surface area contributed by atoms with Crippen LogP contribution < -0.4 is 0 Å². The molecule has 0 amide bonds. The minimum atomic E-state index is -3.20. The van der Waals surface area contributed by atoms with E-state index in [1.807, 2.05) is 30.3 Å². The normalized spacial score (nSPS) is 13.5. The monoisotopic (exact) mass is 272 g/mol. The van der Waals surface area contributed by atoms with E-state index in [-0.39, 0.29) is 0 Å². The van der Waals surface area contributed by atoms with Gasteiger partial charge in [-0.25, -0.2) is 4.31 Å². The average Bonchev–Trinajstić information content (AvgIpc) is 2.18. The smallest absolute Gasteiger partial charge is 0.323 e. The molecular formula is C7H11ClO5P2. The molecule has 0 spiro atoms. The second-order valence-corrected chi connectivity index (χ2v) is 4.40. The van der Waals surface area contributed by atoms with Crippen LogP contribution in [0.2, 0.25) is 0 Å². The molecule has 0 saturated carbocycles. The Morgan fingerprint density at radius 1 is 1.13 bits per heavy atom. The van der Waals surface area contributed by atoms with Crippen molar-refractivity contribution in [3.8, 4) is 0 Å². The minimum absolute atomic E-state index is 0.612. The van der Waals surface area contributed by atoms with Crippen LogP contribution in [0.15, 0.2) is 30.3 Å². The summed E-state index contributed by atoms with van der Waals surface area (Å²) in [7, 11) is -6.40. The summed E-state index contributed by atoms with van der Waals surface area (Å²) in [6, 6.07) is 9.96. The quantitative estimate of drug-likeness (QED) is 0.651. The van der Waals surface area contributed by atoms with E-state index in [1.54, 1.807) is 0 Å². The highest BCUT2D eigenvalue weighted by Crippen LogP contribution is 2.30. The zero-order valence-electron chi connectivity index (χ0n) is 7.59. The Morgan fingerprint density at radius 3 is 1.80 bits per heavy atom. The van der Waals surface area contributed by atoms with E-state index >= 15 is 0 Å². The molecule has 15 heavy (non-hydrogen) atoms. The standard InChI is InChI=1S/C7H7Cl.H4O5P2/c8-6-7-4-2-1-3-5-7;1-6(2)5-7(3)4/h1-5H,6H2;6-7H,(H,1,2)(H,3,4). The van der Waals surface area contributed by atoms with Gasteiger partial charge in [-0.15, -0.1) is 11.6 Å². The van der Waals surface area contributed by atoms with E-state index < -0.39 is 16.5 Å². The van der Waals surface area contributed by atoms with Gasteiger partial charge in [0.15, 0.2) is 0 Å². The molecule has 0 aliphatic rings. The highest BCUT2D eigenvalue weighted by Gasteiger charge is 1.93. The van der Waals surface area contributed by atoms with Gasteiger partial charge in [0.05, 0.1) is 0 Å². The summed E-state index contributed by atoms with van der Waals surface area (Å²) in [6.45, 7) is 0. The van der Waals surface area contributed by atoms with Gasteiger partial charge in [-0.1, -0.05) is 30.3 Å². The van der Waals surface area contributed by atoms with Crippen LogP contribution in [-0.2, 0) is 19.3 Å². The zero-order chi connectivity index (χ0) is 11.7. The molecule has 0 aliphatic carbocycles. The van der Waals surface area contributed by atoms with Crippen molar-refractivity contribution in [2.24, 2.45) is 0 Å². The van der Waals surface area contributed by atoms with Gasteiger partial charge in [0.1, 0.15) is 0 Å². The first kappa shape index (κ1) is 14.8. The van der Waals surface area contributed by atoms with Gasteiger partial charge in [0, 0.05) is 5.88 Å². The van der Waals surface area contributed by atoms with Gasteiger partial charge >= 0.3 is 16.5 Å². The van der Waals surface area contributed by atoms with Crippen LogP contribution in [-0.4, -0.2) is 9.79 Å². The topological polar surface area (TPSA) is 83.8 Å². The van der Waals surface area contributed by atoms with Gasteiger partial charge < -0.3 is 9.79 Å². The maximum absolute atomic E-state index is 9.44. The Balaban J connectivity index is 0.000000265. The van der Waals surface area contributed by atoms with E-state index in [1.165, 1.54) is 5.56 Å². The molecule has 2 unspecified atom stereocenters. The van der Waals surface area contributed by atoms with E-state index in [0.717, 1.165) is 0 Å². The number of hydrogen-bond donors (Lipinski definition) is 2. The van der Waals surface area contributed by atoms with Crippen molar-refractivity contribution in [2.45, 2.75) is 5.88 Å². The lowest BCUT2D eigenvalue weighted by molar-refractivity contribution is 0.371. The van der Waals surface area contributed by atoms with E-state index in [2.05, 4.69) is 4.31 Å². The third-order valence-electron chi connectivity index (χ3n) is 1.17. The Labute approximate surface area is 93.6 Å². The van der Waals surface area contributed by atoms with Crippen molar-refractivity contribution in [2.75, 3.05) is 0 Å². The number of halogens is 1. The number of hydrogen-bond acceptors (Lipinski definition) is 3. The molecule has 0 heterocycles. The minimum Gasteiger partial charge on any atom is -0.326 e. The summed E-state index contributed by atoms with van der Waals surface area (Å²) >= 11 is 5.53. The predicted octanol–water partition coefficient (Wildman–Crippen LogP) is 2.19. The highest BCUT2D eigenvalue weighted by molar-refractivity contribution is 7.46. The molecule has 0 aromatic heterocycles. The number of alkyl halides is 1. The fourth-order valence-corrected chi connectivity index (χ4v) is 1.42. The largest absolute Gasteiger partial charge is 0.326 e. The molecule has 0 saturated heterocycles. The van der Waals surface area contributed by atoms with Crippen LogP contribution in [0.4, 0.5) is 0 Å². The third kappa shape index (κ3) is 10.1. The molecule has 0 bridgehead atoms. The molecule has 5 nitrogen and oxygen atoms in total. The average molecular weight is 273 g/mol. The van der Waals surface area contributed by atoms with Crippen molar-refractivity contribution in [3.63, 3.8) is 0 Å². The molecule has 1 aromatic rings. The molecule has 8 heteroatoms. The lowest BCUT2D eigenvalue weighted by atomic mass is 10.2. The Bertz CT molecular complexity index is 306. The summed E-state index contributed by atoms with van der Waals surface area (Å²) in [5.41, 5.74) is 1.18. The molecular weight excluding hydrogens is 261 g/mol. The zero-order valence-corrected chi connectivity index (χ0v) is 10.3. The lowest BCUT2D eigenvalue weighted by Crippen LogP contribution is -1.71.